The number of pyridine rings is 1. The van der Waals surface area contributed by atoms with Crippen molar-refractivity contribution in [2.75, 3.05) is 37.3 Å². The number of nitrogens with two attached hydrogens (primary N) is 1. The third-order valence-electron chi connectivity index (χ3n) is 4.16. The number of carbonyl (C=O) groups excluding carboxylic acids is 1. The Morgan fingerprint density at radius 3 is 2.52 bits per heavy atom. The van der Waals surface area contributed by atoms with Crippen molar-refractivity contribution in [2.45, 2.75) is 13.8 Å². The van der Waals surface area contributed by atoms with Gasteiger partial charge in [0.1, 0.15) is 5.82 Å². The lowest BCUT2D eigenvalue weighted by atomic mass is 10.1. The monoisotopic (exact) mass is 393 g/mol. The van der Waals surface area contributed by atoms with Crippen molar-refractivity contribution in [1.82, 2.24) is 9.88 Å². The van der Waals surface area contributed by atoms with Crippen LogP contribution in [0.5, 0.6) is 0 Å². The first kappa shape index (κ1) is 23.3. The summed E-state index contributed by atoms with van der Waals surface area (Å²) in [5, 5.41) is 21.2. The molecule has 0 fully saturated rings. The molecule has 0 saturated heterocycles. The van der Waals surface area contributed by atoms with Crippen LogP contribution in [-0.4, -0.2) is 54.9 Å². The molecule has 0 unspecified atom stereocenters. The Kier molecular flexibility index (Phi) is 9.54. The average Bonchev–Trinajstić information content (AvgIpc) is 2.75. The van der Waals surface area contributed by atoms with Crippen LogP contribution >= 0.6 is 0 Å². The third kappa shape index (κ3) is 7.07. The molecular formula is C21H27N7O. The van der Waals surface area contributed by atoms with Crippen molar-refractivity contribution in [3.8, 4) is 6.07 Å². The molecule has 1 amide bonds. The Balaban J connectivity index is 0.000000960. The minimum absolute atomic E-state index is 0.0733. The zero-order valence-electron chi connectivity index (χ0n) is 17.0. The van der Waals surface area contributed by atoms with Gasteiger partial charge in [0.2, 0.25) is 0 Å². The van der Waals surface area contributed by atoms with E-state index in [1.54, 1.807) is 29.3 Å². The topological polar surface area (TPSA) is 134 Å². The molecule has 0 radical (unpaired) electrons. The number of carbonyl (C=O) groups is 1. The fourth-order valence-electron chi connectivity index (χ4n) is 2.51. The van der Waals surface area contributed by atoms with Crippen LogP contribution in [-0.2, 0) is 0 Å². The predicted octanol–water partition coefficient (Wildman–Crippen LogP) is 2.73. The summed E-state index contributed by atoms with van der Waals surface area (Å²) in [7, 11) is 1.89. The van der Waals surface area contributed by atoms with E-state index in [1.807, 2.05) is 37.9 Å². The van der Waals surface area contributed by atoms with Crippen LogP contribution in [0.2, 0.25) is 0 Å². The Bertz CT molecular complexity index is 883. The number of amides is 1. The normalized spacial score (nSPS) is 9.45. The number of hydrogen-bond donors (Lipinski definition) is 3. The van der Waals surface area contributed by atoms with Crippen molar-refractivity contribution in [3.05, 3.63) is 53.2 Å². The zero-order chi connectivity index (χ0) is 21.8. The number of likely N-dealkylation sites (N-methyl/N-ethyl adjacent to an activating group) is 2. The maximum absolute atomic E-state index is 12.8. The molecule has 0 atom stereocenters. The van der Waals surface area contributed by atoms with Crippen LogP contribution in [0.3, 0.4) is 0 Å². The maximum atomic E-state index is 12.8. The van der Waals surface area contributed by atoms with Crippen LogP contribution in [0.1, 0.15) is 28.4 Å². The molecule has 0 bridgehead atoms. The number of nitrogens with zero attached hydrogens (tertiary/aromatic N) is 4. The van der Waals surface area contributed by atoms with E-state index in [2.05, 4.69) is 11.1 Å². The summed E-state index contributed by atoms with van der Waals surface area (Å²) < 4.78 is 0. The quantitative estimate of drug-likeness (QED) is 0.491. The fourth-order valence-corrected chi connectivity index (χ4v) is 2.51. The zero-order valence-corrected chi connectivity index (χ0v) is 17.0. The van der Waals surface area contributed by atoms with Crippen molar-refractivity contribution in [2.24, 2.45) is 0 Å². The van der Waals surface area contributed by atoms with Crippen LogP contribution in [0.4, 0.5) is 11.5 Å². The number of aryl methyl sites for hydroxylation is 1. The summed E-state index contributed by atoms with van der Waals surface area (Å²) >= 11 is 0. The standard InChI is InChI=1S/C19H23N5O.C2H4N2/c1-4-24(19(25)16-11-14(2)5-6-17(16)21)10-9-23(3)18-12-15(13-20)7-8-22-18;3-1-2-4/h5-8,11-12H,4,9-10,21H2,1-3H3;1-4H. The van der Waals surface area contributed by atoms with E-state index in [0.29, 0.717) is 42.3 Å². The highest BCUT2D eigenvalue weighted by Gasteiger charge is 2.17. The average molecular weight is 393 g/mol. The molecule has 0 spiro atoms. The van der Waals surface area contributed by atoms with Gasteiger partial charge >= 0.3 is 0 Å². The molecule has 0 aliphatic rings. The largest absolute Gasteiger partial charge is 0.398 e. The molecule has 2 aromatic rings. The minimum atomic E-state index is -0.0733. The van der Waals surface area contributed by atoms with Gasteiger partial charge in [-0.2, -0.15) is 5.26 Å². The number of anilines is 2. The van der Waals surface area contributed by atoms with Gasteiger partial charge in [-0.15, -0.1) is 0 Å². The van der Waals surface area contributed by atoms with Crippen molar-refractivity contribution < 1.29 is 4.79 Å². The lowest BCUT2D eigenvalue weighted by molar-refractivity contribution is 0.0769. The maximum Gasteiger partial charge on any atom is 0.256 e. The van der Waals surface area contributed by atoms with Gasteiger partial charge in [-0.25, -0.2) is 4.98 Å². The van der Waals surface area contributed by atoms with Gasteiger partial charge in [0.25, 0.3) is 5.91 Å². The number of hydrogen-bond acceptors (Lipinski definition) is 7. The molecule has 0 aliphatic heterocycles. The molecule has 2 rings (SSSR count). The van der Waals surface area contributed by atoms with E-state index < -0.39 is 0 Å². The van der Waals surface area contributed by atoms with E-state index >= 15 is 0 Å². The lowest BCUT2D eigenvalue weighted by Crippen LogP contribution is -2.38. The molecule has 0 saturated carbocycles. The second-order valence-electron chi connectivity index (χ2n) is 6.24. The molecule has 1 heterocycles. The number of nitriles is 1. The third-order valence-corrected chi connectivity index (χ3v) is 4.16. The van der Waals surface area contributed by atoms with Crippen LogP contribution in [0.15, 0.2) is 36.5 Å². The Labute approximate surface area is 171 Å². The fraction of sp³-hybridized carbons (Fsp3) is 0.286. The molecule has 8 nitrogen and oxygen atoms in total. The van der Waals surface area contributed by atoms with E-state index in [0.717, 1.165) is 18.0 Å². The molecule has 152 valence electrons. The highest BCUT2D eigenvalue weighted by atomic mass is 16.2. The van der Waals surface area contributed by atoms with Crippen molar-refractivity contribution in [3.63, 3.8) is 0 Å². The SMILES string of the molecule is CCN(CCN(C)c1cc(C#N)ccn1)C(=O)c1cc(C)ccc1N.N=CC=N. The molecule has 1 aromatic carbocycles. The smallest absolute Gasteiger partial charge is 0.256 e. The molecule has 8 heteroatoms. The number of nitrogen functional groups attached to an aromatic ring is 1. The van der Waals surface area contributed by atoms with E-state index in [4.69, 9.17) is 21.8 Å². The first-order valence-corrected chi connectivity index (χ1v) is 9.10. The van der Waals surface area contributed by atoms with E-state index in [1.165, 1.54) is 0 Å². The summed E-state index contributed by atoms with van der Waals surface area (Å²) in [5.41, 5.74) is 8.56. The van der Waals surface area contributed by atoms with Crippen LogP contribution < -0.4 is 10.6 Å². The van der Waals surface area contributed by atoms with Gasteiger partial charge in [0.05, 0.1) is 17.2 Å². The Hall–Kier alpha value is -3.73. The Morgan fingerprint density at radius 2 is 1.93 bits per heavy atom. The molecule has 1 aromatic heterocycles. The Morgan fingerprint density at radius 1 is 1.24 bits per heavy atom. The van der Waals surface area contributed by atoms with Gasteiger partial charge in [0.15, 0.2) is 0 Å². The van der Waals surface area contributed by atoms with Crippen molar-refractivity contribution in [1.29, 1.82) is 16.1 Å². The number of aromatic nitrogens is 1. The van der Waals surface area contributed by atoms with Gasteiger partial charge in [-0.05, 0) is 38.1 Å². The van der Waals surface area contributed by atoms with Crippen molar-refractivity contribution >= 4 is 29.8 Å². The van der Waals surface area contributed by atoms with Crippen LogP contribution in [0, 0.1) is 29.1 Å². The highest BCUT2D eigenvalue weighted by molar-refractivity contribution is 6.12. The first-order chi connectivity index (χ1) is 13.9. The van der Waals surface area contributed by atoms with Gasteiger partial charge in [0, 0.05) is 51.0 Å². The molecule has 0 aliphatic carbocycles. The minimum Gasteiger partial charge on any atom is -0.398 e. The molecule has 4 N–H and O–H groups in total. The van der Waals surface area contributed by atoms with Gasteiger partial charge in [-0.3, -0.25) is 4.79 Å². The van der Waals surface area contributed by atoms with Crippen LogP contribution in [0.25, 0.3) is 0 Å². The number of nitrogens with one attached hydrogen (secondary N) is 2. The van der Waals surface area contributed by atoms with E-state index in [9.17, 15) is 4.79 Å². The summed E-state index contributed by atoms with van der Waals surface area (Å²) in [6.07, 6.45) is 3.45. The number of rotatable bonds is 7. The molecule has 29 heavy (non-hydrogen) atoms. The molecular weight excluding hydrogens is 366 g/mol. The summed E-state index contributed by atoms with van der Waals surface area (Å²) in [6.45, 7) is 5.61. The number of benzene rings is 1. The summed E-state index contributed by atoms with van der Waals surface area (Å²) in [5.74, 6) is 0.633. The van der Waals surface area contributed by atoms with Gasteiger partial charge < -0.3 is 26.4 Å². The summed E-state index contributed by atoms with van der Waals surface area (Å²) in [4.78, 5) is 20.7. The second-order valence-corrected chi connectivity index (χ2v) is 6.24. The van der Waals surface area contributed by atoms with Gasteiger partial charge in [-0.1, -0.05) is 11.6 Å². The lowest BCUT2D eigenvalue weighted by Gasteiger charge is -2.26. The first-order valence-electron chi connectivity index (χ1n) is 9.10. The summed E-state index contributed by atoms with van der Waals surface area (Å²) in [6, 6.07) is 11.0. The second kappa shape index (κ2) is 11.9. The predicted molar refractivity (Wildman–Crippen MR) is 117 cm³/mol. The highest BCUT2D eigenvalue weighted by Crippen LogP contribution is 2.17. The van der Waals surface area contributed by atoms with E-state index in [-0.39, 0.29) is 5.91 Å².